The monoisotopic (exact) mass is 208 g/mol. The van der Waals surface area contributed by atoms with Crippen LogP contribution >= 0.6 is 0 Å². The lowest BCUT2D eigenvalue weighted by atomic mass is 9.83. The van der Waals surface area contributed by atoms with Gasteiger partial charge in [-0.3, -0.25) is 9.59 Å². The molecule has 0 aromatic rings. The molecule has 2 fully saturated rings. The Morgan fingerprint density at radius 3 is 1.67 bits per heavy atom. The van der Waals surface area contributed by atoms with Crippen molar-refractivity contribution >= 4 is 11.9 Å². The van der Waals surface area contributed by atoms with Gasteiger partial charge in [0.05, 0.1) is 11.8 Å². The van der Waals surface area contributed by atoms with Gasteiger partial charge in [-0.25, -0.2) is 0 Å². The van der Waals surface area contributed by atoms with Crippen LogP contribution in [0.3, 0.4) is 0 Å². The van der Waals surface area contributed by atoms with Crippen molar-refractivity contribution in [1.82, 2.24) is 0 Å². The van der Waals surface area contributed by atoms with Crippen LogP contribution < -0.4 is 0 Å². The highest BCUT2D eigenvalue weighted by atomic mass is 16.4. The molecule has 2 N–H and O–H groups in total. The SMILES string of the molecule is O=C(O)[C@H]1[C@H](C(=O)O)[C@@H]2C=C[C@H]1C21CC1. The summed E-state index contributed by atoms with van der Waals surface area (Å²) in [5, 5.41) is 18.2. The molecular weight excluding hydrogens is 196 g/mol. The topological polar surface area (TPSA) is 74.6 Å². The third kappa shape index (κ3) is 0.874. The highest BCUT2D eigenvalue weighted by Crippen LogP contribution is 2.71. The van der Waals surface area contributed by atoms with Crippen LogP contribution in [0.2, 0.25) is 0 Å². The Hall–Kier alpha value is -1.32. The number of hydrogen-bond acceptors (Lipinski definition) is 2. The molecule has 1 spiro atoms. The minimum atomic E-state index is -0.953. The summed E-state index contributed by atoms with van der Waals surface area (Å²) in [6.07, 6.45) is 5.83. The number of carboxylic acid groups (broad SMARTS) is 2. The van der Waals surface area contributed by atoms with E-state index in [1.807, 2.05) is 12.2 Å². The Kier molecular flexibility index (Phi) is 1.45. The zero-order chi connectivity index (χ0) is 10.8. The number of carboxylic acids is 2. The zero-order valence-electron chi connectivity index (χ0n) is 8.09. The third-order valence-corrected chi connectivity index (χ3v) is 4.41. The van der Waals surface area contributed by atoms with E-state index in [-0.39, 0.29) is 17.3 Å². The fraction of sp³-hybridized carbons (Fsp3) is 0.636. The Balaban J connectivity index is 2.05. The Morgan fingerprint density at radius 1 is 1.00 bits per heavy atom. The maximum absolute atomic E-state index is 11.1. The van der Waals surface area contributed by atoms with Gasteiger partial charge in [-0.1, -0.05) is 12.2 Å². The second-order valence-corrected chi connectivity index (χ2v) is 4.90. The standard InChI is InChI=1S/C11H12O4/c12-9(13)7-5-1-2-6(8(7)10(14)15)11(5)3-4-11/h1-2,5-8H,3-4H2,(H,12,13)(H,14,15)/t5-,6+,7-,8-/m1/s1. The van der Waals surface area contributed by atoms with Crippen LogP contribution in [-0.4, -0.2) is 22.2 Å². The van der Waals surface area contributed by atoms with Gasteiger partial charge in [0, 0.05) is 0 Å². The van der Waals surface area contributed by atoms with Gasteiger partial charge in [0.25, 0.3) is 0 Å². The maximum Gasteiger partial charge on any atom is 0.308 e. The number of hydrogen-bond donors (Lipinski definition) is 2. The van der Waals surface area contributed by atoms with Crippen molar-refractivity contribution in [2.45, 2.75) is 12.8 Å². The largest absolute Gasteiger partial charge is 0.481 e. The van der Waals surface area contributed by atoms with E-state index in [0.717, 1.165) is 12.8 Å². The van der Waals surface area contributed by atoms with Crippen molar-refractivity contribution in [1.29, 1.82) is 0 Å². The molecule has 0 aliphatic heterocycles. The quantitative estimate of drug-likeness (QED) is 0.663. The molecule has 0 saturated heterocycles. The third-order valence-electron chi connectivity index (χ3n) is 4.41. The minimum absolute atomic E-state index is 0.00606. The molecule has 80 valence electrons. The van der Waals surface area contributed by atoms with Crippen molar-refractivity contribution in [3.63, 3.8) is 0 Å². The lowest BCUT2D eigenvalue weighted by molar-refractivity contribution is -0.154. The fourth-order valence-corrected chi connectivity index (χ4v) is 3.67. The van der Waals surface area contributed by atoms with Crippen LogP contribution in [0.4, 0.5) is 0 Å². The number of carbonyl (C=O) groups is 2. The second kappa shape index (κ2) is 2.43. The molecular formula is C11H12O4. The smallest absolute Gasteiger partial charge is 0.308 e. The van der Waals surface area contributed by atoms with E-state index in [1.54, 1.807) is 0 Å². The van der Waals surface area contributed by atoms with Crippen LogP contribution in [0, 0.1) is 29.1 Å². The van der Waals surface area contributed by atoms with E-state index in [9.17, 15) is 9.59 Å². The molecule has 3 aliphatic carbocycles. The molecule has 0 amide bonds. The first kappa shape index (κ1) is 8.95. The van der Waals surface area contributed by atoms with Gasteiger partial charge in [0.1, 0.15) is 0 Å². The molecule has 4 atom stereocenters. The van der Waals surface area contributed by atoms with E-state index in [4.69, 9.17) is 10.2 Å². The molecule has 0 aromatic heterocycles. The lowest BCUT2D eigenvalue weighted by Crippen LogP contribution is -2.32. The minimum Gasteiger partial charge on any atom is -0.481 e. The Morgan fingerprint density at radius 2 is 1.40 bits per heavy atom. The predicted octanol–water partition coefficient (Wildman–Crippen LogP) is 0.984. The van der Waals surface area contributed by atoms with Crippen LogP contribution in [0.1, 0.15) is 12.8 Å². The van der Waals surface area contributed by atoms with Gasteiger partial charge >= 0.3 is 11.9 Å². The predicted molar refractivity (Wildman–Crippen MR) is 50.0 cm³/mol. The summed E-state index contributed by atoms with van der Waals surface area (Å²) in [6, 6.07) is 0. The number of rotatable bonds is 2. The molecule has 0 unspecified atom stereocenters. The van der Waals surface area contributed by atoms with Crippen molar-refractivity contribution in [3.8, 4) is 0 Å². The molecule has 2 saturated carbocycles. The van der Waals surface area contributed by atoms with Gasteiger partial charge in [0.2, 0.25) is 0 Å². The highest BCUT2D eigenvalue weighted by molar-refractivity contribution is 5.83. The molecule has 4 heteroatoms. The average Bonchev–Trinajstić information content (AvgIpc) is 2.81. The van der Waals surface area contributed by atoms with E-state index >= 15 is 0 Å². The summed E-state index contributed by atoms with van der Waals surface area (Å²) in [6.45, 7) is 0. The van der Waals surface area contributed by atoms with Gasteiger partial charge < -0.3 is 10.2 Å². The molecule has 0 radical (unpaired) electrons. The molecule has 2 bridgehead atoms. The van der Waals surface area contributed by atoms with Crippen molar-refractivity contribution in [3.05, 3.63) is 12.2 Å². The summed E-state index contributed by atoms with van der Waals surface area (Å²) < 4.78 is 0. The number of allylic oxidation sites excluding steroid dienone is 2. The first-order chi connectivity index (χ1) is 7.08. The van der Waals surface area contributed by atoms with Crippen LogP contribution in [0.15, 0.2) is 12.2 Å². The second-order valence-electron chi connectivity index (χ2n) is 4.90. The van der Waals surface area contributed by atoms with E-state index in [1.165, 1.54) is 0 Å². The van der Waals surface area contributed by atoms with Crippen molar-refractivity contribution in [2.24, 2.45) is 29.1 Å². The normalized spacial score (nSPS) is 43.5. The van der Waals surface area contributed by atoms with Crippen molar-refractivity contribution in [2.75, 3.05) is 0 Å². The van der Waals surface area contributed by atoms with E-state index < -0.39 is 23.8 Å². The van der Waals surface area contributed by atoms with E-state index in [2.05, 4.69) is 0 Å². The fourth-order valence-electron chi connectivity index (χ4n) is 3.67. The van der Waals surface area contributed by atoms with Crippen LogP contribution in [0.25, 0.3) is 0 Å². The summed E-state index contributed by atoms with van der Waals surface area (Å²) >= 11 is 0. The highest BCUT2D eigenvalue weighted by Gasteiger charge is 2.70. The lowest BCUT2D eigenvalue weighted by Gasteiger charge is -2.20. The van der Waals surface area contributed by atoms with Gasteiger partial charge in [-0.05, 0) is 30.1 Å². The van der Waals surface area contributed by atoms with Gasteiger partial charge in [0.15, 0.2) is 0 Å². The summed E-state index contributed by atoms with van der Waals surface area (Å²) in [7, 11) is 0. The first-order valence-corrected chi connectivity index (χ1v) is 5.22. The first-order valence-electron chi connectivity index (χ1n) is 5.22. The Bertz CT molecular complexity index is 348. The van der Waals surface area contributed by atoms with Crippen molar-refractivity contribution < 1.29 is 19.8 Å². The average molecular weight is 208 g/mol. The Labute approximate surface area is 86.6 Å². The molecule has 0 heterocycles. The van der Waals surface area contributed by atoms with E-state index in [0.29, 0.717) is 0 Å². The summed E-state index contributed by atoms with van der Waals surface area (Å²) in [5.74, 6) is -3.40. The van der Waals surface area contributed by atoms with Gasteiger partial charge in [-0.15, -0.1) is 0 Å². The van der Waals surface area contributed by atoms with Crippen LogP contribution in [0.5, 0.6) is 0 Å². The zero-order valence-corrected chi connectivity index (χ0v) is 8.09. The summed E-state index contributed by atoms with van der Waals surface area (Å²) in [5.41, 5.74) is 0.00606. The maximum atomic E-state index is 11.1. The molecule has 15 heavy (non-hydrogen) atoms. The molecule has 3 rings (SSSR count). The summed E-state index contributed by atoms with van der Waals surface area (Å²) in [4.78, 5) is 22.2. The number of aliphatic carboxylic acids is 2. The molecule has 3 aliphatic rings. The molecule has 0 aromatic carbocycles. The van der Waals surface area contributed by atoms with Gasteiger partial charge in [-0.2, -0.15) is 0 Å². The van der Waals surface area contributed by atoms with Crippen LogP contribution in [-0.2, 0) is 9.59 Å². The molecule has 4 nitrogen and oxygen atoms in total.